The maximum absolute atomic E-state index is 11.2. The number of fused-ring (bicyclic) bond motifs is 1. The quantitative estimate of drug-likeness (QED) is 0.782. The first kappa shape index (κ1) is 10.2. The molecule has 2 rings (SSSR count). The van der Waals surface area contributed by atoms with Gasteiger partial charge in [-0.25, -0.2) is 9.59 Å². The number of carboxylic acid groups (broad SMARTS) is 1. The summed E-state index contributed by atoms with van der Waals surface area (Å²) >= 11 is 0. The SMILES string of the molecule is COC(=O)c1cc2c(C(=O)O)cccc2o1. The Morgan fingerprint density at radius 3 is 2.75 bits per heavy atom. The molecular formula is C11H8O5. The lowest BCUT2D eigenvalue weighted by Gasteiger charge is -1.93. The number of hydrogen-bond acceptors (Lipinski definition) is 4. The summed E-state index contributed by atoms with van der Waals surface area (Å²) in [6.07, 6.45) is 0. The van der Waals surface area contributed by atoms with Crippen LogP contribution in [0.4, 0.5) is 0 Å². The van der Waals surface area contributed by atoms with Crippen LogP contribution in [0, 0.1) is 0 Å². The monoisotopic (exact) mass is 220 g/mol. The van der Waals surface area contributed by atoms with Gasteiger partial charge in [-0.3, -0.25) is 0 Å². The lowest BCUT2D eigenvalue weighted by molar-refractivity contribution is 0.0567. The van der Waals surface area contributed by atoms with E-state index < -0.39 is 11.9 Å². The first-order chi connectivity index (χ1) is 7.63. The number of aromatic carboxylic acids is 1. The van der Waals surface area contributed by atoms with Crippen LogP contribution in [-0.2, 0) is 4.74 Å². The van der Waals surface area contributed by atoms with Crippen molar-refractivity contribution in [3.63, 3.8) is 0 Å². The lowest BCUT2D eigenvalue weighted by Crippen LogP contribution is -1.98. The molecule has 5 nitrogen and oxygen atoms in total. The van der Waals surface area contributed by atoms with Gasteiger partial charge in [0.05, 0.1) is 12.7 Å². The zero-order valence-electron chi connectivity index (χ0n) is 8.39. The Balaban J connectivity index is 2.65. The molecule has 5 heteroatoms. The molecule has 0 saturated heterocycles. The zero-order chi connectivity index (χ0) is 11.7. The van der Waals surface area contributed by atoms with Gasteiger partial charge in [0.25, 0.3) is 0 Å². The van der Waals surface area contributed by atoms with Crippen molar-refractivity contribution in [2.45, 2.75) is 0 Å². The second kappa shape index (κ2) is 3.69. The Hall–Kier alpha value is -2.30. The number of carbonyl (C=O) groups excluding carboxylic acids is 1. The Morgan fingerprint density at radius 2 is 2.12 bits per heavy atom. The number of hydrogen-bond donors (Lipinski definition) is 1. The van der Waals surface area contributed by atoms with Gasteiger partial charge in [-0.15, -0.1) is 0 Å². The van der Waals surface area contributed by atoms with E-state index >= 15 is 0 Å². The Labute approximate surface area is 90.2 Å². The second-order valence-electron chi connectivity index (χ2n) is 3.12. The number of methoxy groups -OCH3 is 1. The second-order valence-corrected chi connectivity index (χ2v) is 3.12. The summed E-state index contributed by atoms with van der Waals surface area (Å²) in [5.74, 6) is -1.71. The van der Waals surface area contributed by atoms with E-state index in [0.717, 1.165) is 0 Å². The minimum absolute atomic E-state index is 0.00815. The fourth-order valence-electron chi connectivity index (χ4n) is 1.45. The standard InChI is InChI=1S/C11H8O5/c1-15-11(14)9-5-7-6(10(12)13)3-2-4-8(7)16-9/h2-5H,1H3,(H,12,13). The van der Waals surface area contributed by atoms with E-state index in [1.165, 1.54) is 19.2 Å². The molecule has 0 aliphatic rings. The fourth-order valence-corrected chi connectivity index (χ4v) is 1.45. The molecule has 0 aliphatic heterocycles. The van der Waals surface area contributed by atoms with Crippen LogP contribution >= 0.6 is 0 Å². The van der Waals surface area contributed by atoms with E-state index in [1.807, 2.05) is 0 Å². The van der Waals surface area contributed by atoms with E-state index in [4.69, 9.17) is 9.52 Å². The molecule has 0 spiro atoms. The summed E-state index contributed by atoms with van der Waals surface area (Å²) < 4.78 is 9.66. The van der Waals surface area contributed by atoms with Gasteiger partial charge in [-0.1, -0.05) is 6.07 Å². The summed E-state index contributed by atoms with van der Waals surface area (Å²) in [5.41, 5.74) is 0.441. The van der Waals surface area contributed by atoms with Crippen molar-refractivity contribution in [1.29, 1.82) is 0 Å². The highest BCUT2D eigenvalue weighted by molar-refractivity contribution is 6.04. The van der Waals surface area contributed by atoms with Crippen molar-refractivity contribution in [3.05, 3.63) is 35.6 Å². The van der Waals surface area contributed by atoms with Gasteiger partial charge in [0.15, 0.2) is 0 Å². The molecular weight excluding hydrogens is 212 g/mol. The van der Waals surface area contributed by atoms with Gasteiger partial charge in [0, 0.05) is 11.5 Å². The number of benzene rings is 1. The van der Waals surface area contributed by atoms with Crippen LogP contribution in [-0.4, -0.2) is 24.2 Å². The molecule has 0 unspecified atom stereocenters. The molecule has 1 aromatic heterocycles. The van der Waals surface area contributed by atoms with Crippen LogP contribution in [0.1, 0.15) is 20.9 Å². The summed E-state index contributed by atoms with van der Waals surface area (Å²) in [7, 11) is 1.23. The predicted octanol–water partition coefficient (Wildman–Crippen LogP) is 1.92. The topological polar surface area (TPSA) is 76.7 Å². The highest BCUT2D eigenvalue weighted by atomic mass is 16.5. The molecule has 0 amide bonds. The summed E-state index contributed by atoms with van der Waals surface area (Å²) in [6.45, 7) is 0. The zero-order valence-corrected chi connectivity index (χ0v) is 8.39. The minimum atomic E-state index is -1.07. The largest absolute Gasteiger partial charge is 0.478 e. The summed E-state index contributed by atoms with van der Waals surface area (Å²) in [4.78, 5) is 22.1. The third-order valence-electron chi connectivity index (χ3n) is 2.18. The first-order valence-electron chi connectivity index (χ1n) is 4.47. The number of furan rings is 1. The van der Waals surface area contributed by atoms with E-state index in [9.17, 15) is 9.59 Å². The summed E-state index contributed by atoms with van der Waals surface area (Å²) in [6, 6.07) is 5.95. The number of carboxylic acids is 1. The molecule has 1 aromatic carbocycles. The van der Waals surface area contributed by atoms with Crippen molar-refractivity contribution in [1.82, 2.24) is 0 Å². The third-order valence-corrected chi connectivity index (χ3v) is 2.18. The van der Waals surface area contributed by atoms with Crippen LogP contribution in [0.3, 0.4) is 0 Å². The fraction of sp³-hybridized carbons (Fsp3) is 0.0909. The maximum Gasteiger partial charge on any atom is 0.373 e. The Bertz CT molecular complexity index is 567. The normalized spacial score (nSPS) is 10.3. The number of carbonyl (C=O) groups is 2. The van der Waals surface area contributed by atoms with Gasteiger partial charge >= 0.3 is 11.9 Å². The molecule has 0 bridgehead atoms. The van der Waals surface area contributed by atoms with Crippen molar-refractivity contribution in [2.75, 3.05) is 7.11 Å². The van der Waals surface area contributed by atoms with E-state index in [0.29, 0.717) is 11.0 Å². The number of esters is 1. The molecule has 1 heterocycles. The molecule has 1 N–H and O–H groups in total. The van der Waals surface area contributed by atoms with Gasteiger partial charge in [0.1, 0.15) is 5.58 Å². The van der Waals surface area contributed by atoms with Gasteiger partial charge in [0.2, 0.25) is 5.76 Å². The van der Waals surface area contributed by atoms with Crippen LogP contribution in [0.25, 0.3) is 11.0 Å². The average molecular weight is 220 g/mol. The summed E-state index contributed by atoms with van der Waals surface area (Å²) in [5, 5.41) is 9.31. The van der Waals surface area contributed by atoms with Gasteiger partial charge in [-0.2, -0.15) is 0 Å². The molecule has 0 aliphatic carbocycles. The first-order valence-corrected chi connectivity index (χ1v) is 4.47. The highest BCUT2D eigenvalue weighted by Gasteiger charge is 2.16. The number of rotatable bonds is 2. The average Bonchev–Trinajstić information content (AvgIpc) is 2.70. The van der Waals surface area contributed by atoms with E-state index in [-0.39, 0.29) is 11.3 Å². The van der Waals surface area contributed by atoms with Crippen molar-refractivity contribution in [2.24, 2.45) is 0 Å². The van der Waals surface area contributed by atoms with Crippen molar-refractivity contribution in [3.8, 4) is 0 Å². The highest BCUT2D eigenvalue weighted by Crippen LogP contribution is 2.23. The molecule has 0 atom stereocenters. The Kier molecular flexibility index (Phi) is 2.36. The molecule has 0 saturated carbocycles. The number of ether oxygens (including phenoxy) is 1. The third kappa shape index (κ3) is 1.52. The van der Waals surface area contributed by atoms with Crippen molar-refractivity contribution < 1.29 is 23.8 Å². The smallest absolute Gasteiger partial charge is 0.373 e. The van der Waals surface area contributed by atoms with Crippen LogP contribution < -0.4 is 0 Å². The lowest BCUT2D eigenvalue weighted by atomic mass is 10.1. The van der Waals surface area contributed by atoms with Gasteiger partial charge in [-0.05, 0) is 12.1 Å². The van der Waals surface area contributed by atoms with Crippen LogP contribution in [0.15, 0.2) is 28.7 Å². The molecule has 2 aromatic rings. The molecule has 0 fully saturated rings. The van der Waals surface area contributed by atoms with Crippen molar-refractivity contribution >= 4 is 22.9 Å². The maximum atomic E-state index is 11.2. The Morgan fingerprint density at radius 1 is 1.38 bits per heavy atom. The van der Waals surface area contributed by atoms with Crippen LogP contribution in [0.2, 0.25) is 0 Å². The molecule has 0 radical (unpaired) electrons. The van der Waals surface area contributed by atoms with Crippen LogP contribution in [0.5, 0.6) is 0 Å². The minimum Gasteiger partial charge on any atom is -0.478 e. The van der Waals surface area contributed by atoms with E-state index in [1.54, 1.807) is 12.1 Å². The van der Waals surface area contributed by atoms with E-state index in [2.05, 4.69) is 4.74 Å². The molecule has 82 valence electrons. The predicted molar refractivity (Wildman–Crippen MR) is 54.5 cm³/mol. The van der Waals surface area contributed by atoms with Gasteiger partial charge < -0.3 is 14.3 Å². The molecule has 16 heavy (non-hydrogen) atoms.